The first kappa shape index (κ1) is 22.5. The van der Waals surface area contributed by atoms with Crippen molar-refractivity contribution < 1.29 is 33.3 Å². The number of fused-ring (bicyclic) bond motifs is 1. The van der Waals surface area contributed by atoms with Gasteiger partial charge in [-0.2, -0.15) is 0 Å². The number of aliphatic hydroxyl groups excluding tert-OH is 1. The highest BCUT2D eigenvalue weighted by Crippen LogP contribution is 2.36. The van der Waals surface area contributed by atoms with E-state index in [1.165, 1.54) is 0 Å². The molecule has 2 fully saturated rings. The number of aliphatic hydroxyl groups is 1. The number of rotatable bonds is 4. The van der Waals surface area contributed by atoms with Gasteiger partial charge >= 0.3 is 5.97 Å². The molecular formula is C24H29FN2O6. The molecule has 1 aromatic rings. The van der Waals surface area contributed by atoms with Gasteiger partial charge in [-0.05, 0) is 43.9 Å². The zero-order valence-electron chi connectivity index (χ0n) is 18.9. The van der Waals surface area contributed by atoms with Crippen LogP contribution in [0.1, 0.15) is 53.0 Å². The first-order valence-corrected chi connectivity index (χ1v) is 11.4. The third kappa shape index (κ3) is 3.77. The van der Waals surface area contributed by atoms with Crippen LogP contribution in [0.3, 0.4) is 0 Å². The van der Waals surface area contributed by atoms with Gasteiger partial charge in [0.2, 0.25) is 0 Å². The Balaban J connectivity index is 1.24. The first-order valence-electron chi connectivity index (χ1n) is 11.4. The van der Waals surface area contributed by atoms with Crippen molar-refractivity contribution in [2.24, 2.45) is 0 Å². The first-order chi connectivity index (χ1) is 15.8. The number of likely N-dealkylation sites (tertiary alicyclic amines) is 1. The number of alkyl halides is 1. The minimum atomic E-state index is -1.20. The molecule has 2 atom stereocenters. The lowest BCUT2D eigenvalue weighted by molar-refractivity contribution is -0.177. The summed E-state index contributed by atoms with van der Waals surface area (Å²) in [5, 5.41) is 9.87. The molecule has 4 aliphatic heterocycles. The van der Waals surface area contributed by atoms with Crippen LogP contribution in [0.4, 0.5) is 4.39 Å². The average molecular weight is 461 g/mol. The highest BCUT2D eigenvalue weighted by Gasteiger charge is 2.49. The van der Waals surface area contributed by atoms with Gasteiger partial charge < -0.3 is 24.2 Å². The molecule has 2 saturated heterocycles. The number of ether oxygens (including phenoxy) is 3. The van der Waals surface area contributed by atoms with E-state index >= 15 is 4.39 Å². The van der Waals surface area contributed by atoms with Crippen LogP contribution in [0.15, 0.2) is 23.4 Å². The largest absolute Gasteiger partial charge is 0.457 e. The predicted octanol–water partition coefficient (Wildman–Crippen LogP) is 1.99. The summed E-state index contributed by atoms with van der Waals surface area (Å²) >= 11 is 0. The van der Waals surface area contributed by atoms with Crippen LogP contribution in [0.2, 0.25) is 0 Å². The van der Waals surface area contributed by atoms with Crippen molar-refractivity contribution in [2.45, 2.75) is 51.4 Å². The van der Waals surface area contributed by atoms with Crippen molar-refractivity contribution >= 4 is 11.9 Å². The van der Waals surface area contributed by atoms with Crippen molar-refractivity contribution in [2.75, 3.05) is 39.4 Å². The molecule has 1 amide bonds. The Morgan fingerprint density at radius 2 is 1.94 bits per heavy atom. The number of morpholine rings is 1. The molecule has 8 nitrogen and oxygen atoms in total. The quantitative estimate of drug-likeness (QED) is 0.688. The fraction of sp³-hybridized carbons (Fsp3) is 0.583. The van der Waals surface area contributed by atoms with Crippen molar-refractivity contribution in [3.8, 4) is 0 Å². The van der Waals surface area contributed by atoms with Crippen molar-refractivity contribution in [1.82, 2.24) is 9.80 Å². The molecule has 1 spiro atoms. The van der Waals surface area contributed by atoms with E-state index in [-0.39, 0.29) is 31.6 Å². The van der Waals surface area contributed by atoms with Gasteiger partial charge in [-0.15, -0.1) is 0 Å². The zero-order valence-corrected chi connectivity index (χ0v) is 18.9. The molecule has 1 N–H and O–H groups in total. The molecule has 178 valence electrons. The Morgan fingerprint density at radius 3 is 2.64 bits per heavy atom. The molecule has 0 bridgehead atoms. The molecule has 5 rings (SSSR count). The third-order valence-electron chi connectivity index (χ3n) is 7.49. The van der Waals surface area contributed by atoms with Crippen molar-refractivity contribution in [1.29, 1.82) is 0 Å². The minimum Gasteiger partial charge on any atom is -0.457 e. The number of piperidine rings is 1. The minimum absolute atomic E-state index is 0.101. The summed E-state index contributed by atoms with van der Waals surface area (Å²) in [5.74, 6) is -0.455. The lowest BCUT2D eigenvalue weighted by Gasteiger charge is -2.46. The van der Waals surface area contributed by atoms with Crippen molar-refractivity contribution in [3.05, 3.63) is 45.7 Å². The zero-order chi connectivity index (χ0) is 23.3. The van der Waals surface area contributed by atoms with Crippen LogP contribution in [0.25, 0.3) is 0 Å². The van der Waals surface area contributed by atoms with Gasteiger partial charge in [0.05, 0.1) is 24.5 Å². The van der Waals surface area contributed by atoms with E-state index in [1.54, 1.807) is 24.0 Å². The van der Waals surface area contributed by atoms with E-state index in [1.807, 2.05) is 11.8 Å². The molecule has 0 aromatic heterocycles. The topological polar surface area (TPSA) is 88.5 Å². The van der Waals surface area contributed by atoms with Crippen LogP contribution in [0.5, 0.6) is 0 Å². The van der Waals surface area contributed by atoms with Gasteiger partial charge in [0.15, 0.2) is 6.29 Å². The second kappa shape index (κ2) is 8.47. The number of carbonyl (C=O) groups excluding carboxylic acids is 2. The summed E-state index contributed by atoms with van der Waals surface area (Å²) in [6.07, 6.45) is -1.21. The maximum absolute atomic E-state index is 15.3. The number of amides is 1. The van der Waals surface area contributed by atoms with Gasteiger partial charge in [-0.25, -0.2) is 9.18 Å². The van der Waals surface area contributed by atoms with Crippen LogP contribution < -0.4 is 0 Å². The molecular weight excluding hydrogens is 431 g/mol. The van der Waals surface area contributed by atoms with Gasteiger partial charge in [0.25, 0.3) is 5.91 Å². The summed E-state index contributed by atoms with van der Waals surface area (Å²) in [5.41, 5.74) is 3.10. The van der Waals surface area contributed by atoms with Gasteiger partial charge in [-0.3, -0.25) is 9.69 Å². The number of nitrogens with zero attached hydrogens (tertiary/aromatic N) is 2. The molecule has 0 radical (unpaired) electrons. The molecule has 0 saturated carbocycles. The summed E-state index contributed by atoms with van der Waals surface area (Å²) in [7, 11) is 0. The number of benzene rings is 1. The number of cyclic esters (lactones) is 1. The maximum Gasteiger partial charge on any atom is 0.338 e. The normalized spacial score (nSPS) is 26.2. The van der Waals surface area contributed by atoms with Crippen LogP contribution in [0, 0.1) is 6.92 Å². The fourth-order valence-electron chi connectivity index (χ4n) is 5.32. The van der Waals surface area contributed by atoms with E-state index < -0.39 is 18.1 Å². The SMILES string of the molecule is CC1=C(N2CCOC3(CCN(C[C@@H](F)c4ccc5c(c4C)COC5=O)CC3)C2=O)COC1O. The van der Waals surface area contributed by atoms with Gasteiger partial charge in [-0.1, -0.05) is 6.07 Å². The van der Waals surface area contributed by atoms with Gasteiger partial charge in [0.1, 0.15) is 18.4 Å². The summed E-state index contributed by atoms with van der Waals surface area (Å²) in [6.45, 7) is 6.16. The van der Waals surface area contributed by atoms with Gasteiger partial charge in [0, 0.05) is 37.3 Å². The Kier molecular flexibility index (Phi) is 5.76. The molecule has 33 heavy (non-hydrogen) atoms. The smallest absolute Gasteiger partial charge is 0.338 e. The summed E-state index contributed by atoms with van der Waals surface area (Å²) in [6, 6.07) is 3.32. The molecule has 9 heteroatoms. The highest BCUT2D eigenvalue weighted by molar-refractivity contribution is 5.94. The van der Waals surface area contributed by atoms with Crippen LogP contribution in [-0.2, 0) is 25.6 Å². The van der Waals surface area contributed by atoms with E-state index in [0.29, 0.717) is 55.8 Å². The number of esters is 1. The molecule has 1 aromatic carbocycles. The maximum atomic E-state index is 15.3. The second-order valence-electron chi connectivity index (χ2n) is 9.24. The van der Waals surface area contributed by atoms with Crippen LogP contribution in [-0.4, -0.2) is 78.1 Å². The van der Waals surface area contributed by atoms with E-state index in [2.05, 4.69) is 0 Å². The van der Waals surface area contributed by atoms with E-state index in [0.717, 1.165) is 16.8 Å². The molecule has 1 unspecified atom stereocenters. The average Bonchev–Trinajstić information content (AvgIpc) is 3.35. The highest BCUT2D eigenvalue weighted by atomic mass is 19.1. The number of halogens is 1. The van der Waals surface area contributed by atoms with E-state index in [9.17, 15) is 14.7 Å². The fourth-order valence-corrected chi connectivity index (χ4v) is 5.32. The summed E-state index contributed by atoms with van der Waals surface area (Å²) in [4.78, 5) is 28.8. The molecule has 4 aliphatic rings. The Bertz CT molecular complexity index is 1020. The standard InChI is InChI=1S/C24H29FN2O6/c1-14-16(3-4-17-18(14)12-31-22(17)29)19(25)11-26-7-5-24(6-8-26)23(30)27(9-10-33-24)20-13-32-21(28)15(20)2/h3-4,19,21,28H,5-13H2,1-2H3/t19-,21?/m1/s1. The van der Waals surface area contributed by atoms with Crippen LogP contribution >= 0.6 is 0 Å². The summed E-state index contributed by atoms with van der Waals surface area (Å²) < 4.78 is 31.6. The Morgan fingerprint density at radius 1 is 1.18 bits per heavy atom. The lowest BCUT2D eigenvalue weighted by atomic mass is 9.87. The molecule has 0 aliphatic carbocycles. The Labute approximate surface area is 191 Å². The second-order valence-corrected chi connectivity index (χ2v) is 9.24. The third-order valence-corrected chi connectivity index (χ3v) is 7.49. The predicted molar refractivity (Wildman–Crippen MR) is 115 cm³/mol. The van der Waals surface area contributed by atoms with Crippen molar-refractivity contribution in [3.63, 3.8) is 0 Å². The number of carbonyl (C=O) groups is 2. The Hall–Kier alpha value is -2.33. The van der Waals surface area contributed by atoms with E-state index in [4.69, 9.17) is 14.2 Å². The monoisotopic (exact) mass is 460 g/mol. The lowest BCUT2D eigenvalue weighted by Crippen LogP contribution is -2.60. The number of hydrogen-bond donors (Lipinski definition) is 1. The molecule has 4 heterocycles. The number of hydrogen-bond acceptors (Lipinski definition) is 7.